The number of nitrogens with two attached hydrogens (primary N) is 1. The number of carbonyl (C=O) groups is 1. The lowest BCUT2D eigenvalue weighted by Gasteiger charge is -2.06. The van der Waals surface area contributed by atoms with Crippen molar-refractivity contribution in [3.05, 3.63) is 35.8 Å². The summed E-state index contributed by atoms with van der Waals surface area (Å²) >= 11 is 0. The fraction of sp³-hybridized carbons (Fsp3) is 0.231. The number of aryl methyl sites for hydroxylation is 1. The molecule has 6 nitrogen and oxygen atoms in total. The number of nitrogens with one attached hydrogen (secondary N) is 1. The first-order valence-electron chi connectivity index (χ1n) is 5.71. The van der Waals surface area contributed by atoms with Gasteiger partial charge in [-0.3, -0.25) is 4.79 Å². The number of rotatable bonds is 4. The zero-order chi connectivity index (χ0) is 14.0. The molecule has 0 spiro atoms. The first-order valence-corrected chi connectivity index (χ1v) is 5.71. The van der Waals surface area contributed by atoms with Gasteiger partial charge in [-0.25, -0.2) is 4.98 Å². The van der Waals surface area contributed by atoms with Crippen LogP contribution in [0.3, 0.4) is 0 Å². The number of carboxylic acid groups (broad SMARTS) is 1. The molecule has 0 amide bonds. The number of hydrogen-bond donors (Lipinski definition) is 3. The maximum Gasteiger partial charge on any atom is 0.328 e. The number of aromatic nitrogens is 2. The van der Waals surface area contributed by atoms with Gasteiger partial charge in [0.2, 0.25) is 0 Å². The Balaban J connectivity index is 2.33. The number of hydrogen-bond acceptors (Lipinski definition) is 4. The lowest BCUT2D eigenvalue weighted by atomic mass is 10.1. The van der Waals surface area contributed by atoms with Crippen LogP contribution in [0.15, 0.2) is 24.4 Å². The van der Waals surface area contributed by atoms with E-state index in [1.54, 1.807) is 13.3 Å². The summed E-state index contributed by atoms with van der Waals surface area (Å²) in [5.41, 5.74) is 8.09. The van der Waals surface area contributed by atoms with Crippen molar-refractivity contribution < 1.29 is 14.6 Å². The molecule has 6 heteroatoms. The van der Waals surface area contributed by atoms with E-state index in [0.29, 0.717) is 0 Å². The van der Waals surface area contributed by atoms with E-state index in [1.807, 2.05) is 25.1 Å². The maximum absolute atomic E-state index is 10.8. The Kier molecular flexibility index (Phi) is 3.52. The van der Waals surface area contributed by atoms with Crippen LogP contribution in [0, 0.1) is 6.92 Å². The topological polar surface area (TPSA) is 101 Å². The quantitative estimate of drug-likeness (QED) is 0.773. The summed E-state index contributed by atoms with van der Waals surface area (Å²) in [7, 11) is 1.61. The van der Waals surface area contributed by atoms with Crippen LogP contribution in [0.2, 0.25) is 0 Å². The number of imidazole rings is 1. The van der Waals surface area contributed by atoms with Gasteiger partial charge in [-0.1, -0.05) is 0 Å². The van der Waals surface area contributed by atoms with Gasteiger partial charge in [0.15, 0.2) is 6.04 Å². The summed E-state index contributed by atoms with van der Waals surface area (Å²) in [5, 5.41) is 8.83. The van der Waals surface area contributed by atoms with E-state index in [1.165, 1.54) is 0 Å². The van der Waals surface area contributed by atoms with Crippen LogP contribution in [0.5, 0.6) is 5.75 Å². The number of carboxylic acids is 1. The molecule has 1 unspecified atom stereocenters. The Bertz CT molecular complexity index is 607. The number of ether oxygens (including phenoxy) is 1. The second-order valence-electron chi connectivity index (χ2n) is 4.18. The number of H-pyrrole nitrogens is 1. The Morgan fingerprint density at radius 1 is 1.53 bits per heavy atom. The van der Waals surface area contributed by atoms with Gasteiger partial charge in [0, 0.05) is 5.56 Å². The molecule has 100 valence electrons. The zero-order valence-electron chi connectivity index (χ0n) is 10.7. The molecule has 0 bridgehead atoms. The number of nitrogens with zero attached hydrogens (tertiary/aromatic N) is 1. The van der Waals surface area contributed by atoms with E-state index in [-0.39, 0.29) is 5.82 Å². The van der Waals surface area contributed by atoms with Crippen molar-refractivity contribution in [1.29, 1.82) is 0 Å². The van der Waals surface area contributed by atoms with Crippen LogP contribution in [0.4, 0.5) is 0 Å². The predicted molar refractivity (Wildman–Crippen MR) is 69.9 cm³/mol. The smallest absolute Gasteiger partial charge is 0.328 e. The van der Waals surface area contributed by atoms with Gasteiger partial charge in [0.25, 0.3) is 0 Å². The third kappa shape index (κ3) is 2.58. The van der Waals surface area contributed by atoms with Crippen molar-refractivity contribution in [3.8, 4) is 17.0 Å². The molecule has 0 fully saturated rings. The van der Waals surface area contributed by atoms with Crippen molar-refractivity contribution >= 4 is 5.97 Å². The number of aromatic amines is 1. The highest BCUT2D eigenvalue weighted by Gasteiger charge is 2.18. The molecule has 19 heavy (non-hydrogen) atoms. The van der Waals surface area contributed by atoms with Crippen molar-refractivity contribution in [2.75, 3.05) is 7.11 Å². The number of methoxy groups -OCH3 is 1. The summed E-state index contributed by atoms with van der Waals surface area (Å²) in [4.78, 5) is 17.7. The van der Waals surface area contributed by atoms with Gasteiger partial charge in [-0.05, 0) is 30.7 Å². The van der Waals surface area contributed by atoms with Gasteiger partial charge in [-0.15, -0.1) is 0 Å². The maximum atomic E-state index is 10.8. The van der Waals surface area contributed by atoms with E-state index in [0.717, 1.165) is 22.6 Å². The molecule has 0 aliphatic carbocycles. The number of benzene rings is 1. The van der Waals surface area contributed by atoms with Crippen LogP contribution < -0.4 is 10.5 Å². The highest BCUT2D eigenvalue weighted by atomic mass is 16.5. The van der Waals surface area contributed by atoms with Crippen LogP contribution in [0.25, 0.3) is 11.3 Å². The largest absolute Gasteiger partial charge is 0.496 e. The van der Waals surface area contributed by atoms with Crippen molar-refractivity contribution in [1.82, 2.24) is 9.97 Å². The highest BCUT2D eigenvalue weighted by molar-refractivity contribution is 5.74. The normalized spacial score (nSPS) is 12.2. The van der Waals surface area contributed by atoms with Crippen molar-refractivity contribution in [2.24, 2.45) is 5.73 Å². The first kappa shape index (κ1) is 13.1. The molecule has 0 aliphatic rings. The van der Waals surface area contributed by atoms with E-state index >= 15 is 0 Å². The summed E-state index contributed by atoms with van der Waals surface area (Å²) < 4.78 is 5.19. The van der Waals surface area contributed by atoms with Gasteiger partial charge < -0.3 is 20.6 Å². The second-order valence-corrected chi connectivity index (χ2v) is 4.18. The number of aliphatic carboxylic acids is 1. The highest BCUT2D eigenvalue weighted by Crippen LogP contribution is 2.25. The summed E-state index contributed by atoms with van der Waals surface area (Å²) in [6, 6.07) is 4.51. The van der Waals surface area contributed by atoms with Crippen LogP contribution in [0.1, 0.15) is 17.4 Å². The molecule has 2 aromatic rings. The van der Waals surface area contributed by atoms with E-state index in [2.05, 4.69) is 9.97 Å². The zero-order valence-corrected chi connectivity index (χ0v) is 10.7. The summed E-state index contributed by atoms with van der Waals surface area (Å²) in [5.74, 6) is -0.0893. The van der Waals surface area contributed by atoms with Crippen molar-refractivity contribution in [2.45, 2.75) is 13.0 Å². The standard InChI is InChI=1S/C13H15N3O3/c1-7-5-8(3-4-10(7)19-2)9-6-15-12(16-9)11(14)13(17)18/h3-6,11H,14H2,1-2H3,(H,15,16)(H,17,18). The fourth-order valence-corrected chi connectivity index (χ4v) is 1.80. The molecule has 1 heterocycles. The van der Waals surface area contributed by atoms with Crippen LogP contribution >= 0.6 is 0 Å². The minimum absolute atomic E-state index is 0.232. The fourth-order valence-electron chi connectivity index (χ4n) is 1.80. The average molecular weight is 261 g/mol. The van der Waals surface area contributed by atoms with Gasteiger partial charge >= 0.3 is 5.97 Å². The molecule has 0 radical (unpaired) electrons. The SMILES string of the molecule is COc1ccc(-c2cnc(C(N)C(=O)O)[nH]2)cc1C. The Hall–Kier alpha value is -2.34. The molecule has 0 saturated heterocycles. The summed E-state index contributed by atoms with van der Waals surface area (Å²) in [6.45, 7) is 1.93. The molecular formula is C13H15N3O3. The first-order chi connectivity index (χ1) is 9.02. The van der Waals surface area contributed by atoms with Gasteiger partial charge in [0.05, 0.1) is 19.0 Å². The molecule has 4 N–H and O–H groups in total. The molecule has 0 aliphatic heterocycles. The monoisotopic (exact) mass is 261 g/mol. The van der Waals surface area contributed by atoms with E-state index < -0.39 is 12.0 Å². The molecule has 1 atom stereocenters. The summed E-state index contributed by atoms with van der Waals surface area (Å²) in [6.07, 6.45) is 1.57. The van der Waals surface area contributed by atoms with Crippen molar-refractivity contribution in [3.63, 3.8) is 0 Å². The molecular weight excluding hydrogens is 246 g/mol. The lowest BCUT2D eigenvalue weighted by Crippen LogP contribution is -2.21. The van der Waals surface area contributed by atoms with Gasteiger partial charge in [0.1, 0.15) is 11.6 Å². The molecule has 2 rings (SSSR count). The lowest BCUT2D eigenvalue weighted by molar-refractivity contribution is -0.138. The minimum atomic E-state index is -1.15. The Morgan fingerprint density at radius 3 is 2.84 bits per heavy atom. The molecule has 1 aromatic heterocycles. The second kappa shape index (κ2) is 5.11. The predicted octanol–water partition coefficient (Wildman–Crippen LogP) is 1.48. The third-order valence-corrected chi connectivity index (χ3v) is 2.86. The van der Waals surface area contributed by atoms with Gasteiger partial charge in [-0.2, -0.15) is 0 Å². The van der Waals surface area contributed by atoms with Crippen LogP contribution in [-0.2, 0) is 4.79 Å². The average Bonchev–Trinajstić information content (AvgIpc) is 2.87. The third-order valence-electron chi connectivity index (χ3n) is 2.86. The van der Waals surface area contributed by atoms with E-state index in [4.69, 9.17) is 15.6 Å². The van der Waals surface area contributed by atoms with E-state index in [9.17, 15) is 4.79 Å². The van der Waals surface area contributed by atoms with Crippen LogP contribution in [-0.4, -0.2) is 28.2 Å². The molecule has 0 saturated carbocycles. The Morgan fingerprint density at radius 2 is 2.26 bits per heavy atom. The molecule has 1 aromatic carbocycles. The Labute approximate surface area is 110 Å². The minimum Gasteiger partial charge on any atom is -0.496 e.